The summed E-state index contributed by atoms with van der Waals surface area (Å²) in [7, 11) is 0. The molecule has 0 aromatic carbocycles. The minimum atomic E-state index is -0.294. The summed E-state index contributed by atoms with van der Waals surface area (Å²) in [5.74, 6) is -0.580. The summed E-state index contributed by atoms with van der Waals surface area (Å²) >= 11 is 0. The van der Waals surface area contributed by atoms with Crippen molar-refractivity contribution in [3.63, 3.8) is 0 Å². The standard InChI is InChI=1S/C15H28N2O2/c1-3-5-11-16(10-4-2)14(18)15(19)17-12-8-6-7-9-13-17/h3-13H2,1-2H3. The zero-order chi connectivity index (χ0) is 14.1. The molecule has 0 spiro atoms. The SMILES string of the molecule is CCCCN(CCC)C(=O)C(=O)N1CCCCCC1. The fourth-order valence-corrected chi connectivity index (χ4v) is 2.48. The summed E-state index contributed by atoms with van der Waals surface area (Å²) in [5, 5.41) is 0. The number of hydrogen-bond acceptors (Lipinski definition) is 2. The second-order valence-corrected chi connectivity index (χ2v) is 5.35. The van der Waals surface area contributed by atoms with Crippen LogP contribution < -0.4 is 0 Å². The second kappa shape index (κ2) is 8.94. The number of carbonyl (C=O) groups is 2. The smallest absolute Gasteiger partial charge is 0.312 e. The van der Waals surface area contributed by atoms with E-state index in [1.54, 1.807) is 9.80 Å². The van der Waals surface area contributed by atoms with E-state index in [1.165, 1.54) is 12.8 Å². The molecule has 1 aliphatic rings. The first kappa shape index (κ1) is 16.0. The molecular weight excluding hydrogens is 240 g/mol. The van der Waals surface area contributed by atoms with Crippen LogP contribution in [0.1, 0.15) is 58.8 Å². The van der Waals surface area contributed by atoms with Crippen LogP contribution in [0.25, 0.3) is 0 Å². The summed E-state index contributed by atoms with van der Waals surface area (Å²) < 4.78 is 0. The fourth-order valence-electron chi connectivity index (χ4n) is 2.48. The molecule has 19 heavy (non-hydrogen) atoms. The van der Waals surface area contributed by atoms with Crippen molar-refractivity contribution in [3.05, 3.63) is 0 Å². The number of nitrogens with zero attached hydrogens (tertiary/aromatic N) is 2. The molecule has 4 nitrogen and oxygen atoms in total. The zero-order valence-electron chi connectivity index (χ0n) is 12.5. The number of carbonyl (C=O) groups excluding carboxylic acids is 2. The normalized spacial score (nSPS) is 16.0. The molecular formula is C15H28N2O2. The van der Waals surface area contributed by atoms with E-state index < -0.39 is 0 Å². The molecule has 4 heteroatoms. The maximum Gasteiger partial charge on any atom is 0.312 e. The molecule has 0 radical (unpaired) electrons. The van der Waals surface area contributed by atoms with E-state index in [4.69, 9.17) is 0 Å². The molecule has 1 saturated heterocycles. The third kappa shape index (κ3) is 5.21. The van der Waals surface area contributed by atoms with Crippen molar-refractivity contribution in [2.24, 2.45) is 0 Å². The van der Waals surface area contributed by atoms with Crippen molar-refractivity contribution in [3.8, 4) is 0 Å². The van der Waals surface area contributed by atoms with E-state index in [0.717, 1.165) is 45.2 Å². The number of unbranched alkanes of at least 4 members (excludes halogenated alkanes) is 1. The Labute approximate surface area is 117 Å². The van der Waals surface area contributed by atoms with Crippen LogP contribution in [0.5, 0.6) is 0 Å². The molecule has 0 N–H and O–H groups in total. The van der Waals surface area contributed by atoms with Gasteiger partial charge in [-0.05, 0) is 25.7 Å². The monoisotopic (exact) mass is 268 g/mol. The Balaban J connectivity index is 2.57. The van der Waals surface area contributed by atoms with Gasteiger partial charge in [0, 0.05) is 26.2 Å². The van der Waals surface area contributed by atoms with Crippen LogP contribution in [-0.4, -0.2) is 47.8 Å². The Morgan fingerprint density at radius 3 is 2.11 bits per heavy atom. The molecule has 0 aliphatic carbocycles. The van der Waals surface area contributed by atoms with E-state index in [1.807, 2.05) is 6.92 Å². The number of hydrogen-bond donors (Lipinski definition) is 0. The molecule has 0 bridgehead atoms. The van der Waals surface area contributed by atoms with E-state index >= 15 is 0 Å². The topological polar surface area (TPSA) is 40.6 Å². The average Bonchev–Trinajstić information content (AvgIpc) is 2.70. The van der Waals surface area contributed by atoms with E-state index in [-0.39, 0.29) is 11.8 Å². The quantitative estimate of drug-likeness (QED) is 0.719. The number of amides is 2. The minimum absolute atomic E-state index is 0.286. The predicted molar refractivity (Wildman–Crippen MR) is 76.8 cm³/mol. The van der Waals surface area contributed by atoms with Gasteiger partial charge in [-0.3, -0.25) is 9.59 Å². The van der Waals surface area contributed by atoms with Gasteiger partial charge in [0.2, 0.25) is 0 Å². The van der Waals surface area contributed by atoms with Crippen LogP contribution in [0.3, 0.4) is 0 Å². The molecule has 1 aliphatic heterocycles. The van der Waals surface area contributed by atoms with Crippen molar-refractivity contribution in [1.82, 2.24) is 9.80 Å². The molecule has 0 aromatic heterocycles. The first-order chi connectivity index (χ1) is 9.20. The van der Waals surface area contributed by atoms with E-state index in [2.05, 4.69) is 6.92 Å². The molecule has 0 unspecified atom stereocenters. The van der Waals surface area contributed by atoms with Gasteiger partial charge in [0.25, 0.3) is 0 Å². The van der Waals surface area contributed by atoms with Crippen LogP contribution in [-0.2, 0) is 9.59 Å². The van der Waals surface area contributed by atoms with Gasteiger partial charge in [0.1, 0.15) is 0 Å². The average molecular weight is 268 g/mol. The lowest BCUT2D eigenvalue weighted by Gasteiger charge is -2.26. The minimum Gasteiger partial charge on any atom is -0.334 e. The second-order valence-electron chi connectivity index (χ2n) is 5.35. The van der Waals surface area contributed by atoms with Crippen LogP contribution in [0.4, 0.5) is 0 Å². The molecule has 0 aromatic rings. The Morgan fingerprint density at radius 1 is 0.947 bits per heavy atom. The number of rotatable bonds is 5. The van der Waals surface area contributed by atoms with Crippen LogP contribution in [0, 0.1) is 0 Å². The molecule has 0 saturated carbocycles. The Hall–Kier alpha value is -1.06. The van der Waals surface area contributed by atoms with Crippen molar-refractivity contribution < 1.29 is 9.59 Å². The first-order valence-corrected chi connectivity index (χ1v) is 7.78. The van der Waals surface area contributed by atoms with Crippen molar-refractivity contribution in [1.29, 1.82) is 0 Å². The highest BCUT2D eigenvalue weighted by molar-refractivity contribution is 6.34. The van der Waals surface area contributed by atoms with Gasteiger partial charge in [-0.25, -0.2) is 0 Å². The van der Waals surface area contributed by atoms with Crippen LogP contribution >= 0.6 is 0 Å². The van der Waals surface area contributed by atoms with Crippen LogP contribution in [0.2, 0.25) is 0 Å². The summed E-state index contributed by atoms with van der Waals surface area (Å²) in [6.07, 6.45) is 7.33. The maximum atomic E-state index is 12.3. The third-order valence-corrected chi connectivity index (χ3v) is 3.64. The van der Waals surface area contributed by atoms with Gasteiger partial charge < -0.3 is 9.80 Å². The molecule has 1 rings (SSSR count). The number of likely N-dealkylation sites (tertiary alicyclic amines) is 1. The Kier molecular flexibility index (Phi) is 7.53. The summed E-state index contributed by atoms with van der Waals surface area (Å²) in [6, 6.07) is 0. The summed E-state index contributed by atoms with van der Waals surface area (Å²) in [5.41, 5.74) is 0. The van der Waals surface area contributed by atoms with Crippen molar-refractivity contribution >= 4 is 11.8 Å². The summed E-state index contributed by atoms with van der Waals surface area (Å²) in [6.45, 7) is 7.05. The van der Waals surface area contributed by atoms with Gasteiger partial charge in [-0.1, -0.05) is 33.1 Å². The van der Waals surface area contributed by atoms with Gasteiger partial charge in [0.05, 0.1) is 0 Å². The molecule has 0 atom stereocenters. The molecule has 2 amide bonds. The summed E-state index contributed by atoms with van der Waals surface area (Å²) in [4.78, 5) is 28.0. The zero-order valence-corrected chi connectivity index (χ0v) is 12.5. The van der Waals surface area contributed by atoms with Crippen molar-refractivity contribution in [2.45, 2.75) is 58.8 Å². The maximum absolute atomic E-state index is 12.3. The largest absolute Gasteiger partial charge is 0.334 e. The highest BCUT2D eigenvalue weighted by Gasteiger charge is 2.26. The predicted octanol–water partition coefficient (Wildman–Crippen LogP) is 2.43. The molecule has 1 fully saturated rings. The van der Waals surface area contributed by atoms with Crippen LogP contribution in [0.15, 0.2) is 0 Å². The van der Waals surface area contributed by atoms with Gasteiger partial charge in [-0.15, -0.1) is 0 Å². The lowest BCUT2D eigenvalue weighted by Crippen LogP contribution is -2.46. The highest BCUT2D eigenvalue weighted by atomic mass is 16.2. The highest BCUT2D eigenvalue weighted by Crippen LogP contribution is 2.11. The lowest BCUT2D eigenvalue weighted by atomic mass is 10.2. The lowest BCUT2D eigenvalue weighted by molar-refractivity contribution is -0.151. The van der Waals surface area contributed by atoms with E-state index in [0.29, 0.717) is 13.1 Å². The Bertz CT molecular complexity index is 284. The molecule has 1 heterocycles. The van der Waals surface area contributed by atoms with Crippen molar-refractivity contribution in [2.75, 3.05) is 26.2 Å². The van der Waals surface area contributed by atoms with Gasteiger partial charge in [0.15, 0.2) is 0 Å². The Morgan fingerprint density at radius 2 is 1.58 bits per heavy atom. The molecule has 110 valence electrons. The van der Waals surface area contributed by atoms with E-state index in [9.17, 15) is 9.59 Å². The third-order valence-electron chi connectivity index (χ3n) is 3.64. The van der Waals surface area contributed by atoms with Gasteiger partial charge >= 0.3 is 11.8 Å². The first-order valence-electron chi connectivity index (χ1n) is 7.78. The van der Waals surface area contributed by atoms with Gasteiger partial charge in [-0.2, -0.15) is 0 Å². The fraction of sp³-hybridized carbons (Fsp3) is 0.867.